The van der Waals surface area contributed by atoms with Crippen molar-refractivity contribution < 1.29 is 4.79 Å². The van der Waals surface area contributed by atoms with Crippen molar-refractivity contribution in [2.45, 2.75) is 5.88 Å². The fourth-order valence-corrected chi connectivity index (χ4v) is 1.74. The summed E-state index contributed by atoms with van der Waals surface area (Å²) in [5, 5.41) is 0. The summed E-state index contributed by atoms with van der Waals surface area (Å²) in [6.45, 7) is 0. The van der Waals surface area contributed by atoms with Crippen LogP contribution in [0.2, 0.25) is 0 Å². The molecule has 3 heteroatoms. The van der Waals surface area contributed by atoms with Crippen LogP contribution in [0.15, 0.2) is 18.2 Å². The number of benzene rings is 1. The van der Waals surface area contributed by atoms with E-state index in [9.17, 15) is 4.79 Å². The first-order valence-electron chi connectivity index (χ1n) is 3.07. The summed E-state index contributed by atoms with van der Waals surface area (Å²) in [5.41, 5.74) is 1.69. The molecule has 1 nitrogen and oxygen atoms in total. The van der Waals surface area contributed by atoms with Crippen molar-refractivity contribution >= 4 is 40.5 Å². The van der Waals surface area contributed by atoms with Crippen molar-refractivity contribution in [3.8, 4) is 0 Å². The molecule has 0 bridgehead atoms. The number of rotatable bonds is 2. The molecule has 0 heterocycles. The molecule has 0 spiro atoms. The zero-order valence-electron chi connectivity index (χ0n) is 5.68. The molecule has 0 aliphatic rings. The third-order valence-corrected chi connectivity index (χ3v) is 2.69. The van der Waals surface area contributed by atoms with E-state index in [1.165, 1.54) is 0 Å². The summed E-state index contributed by atoms with van der Waals surface area (Å²) in [7, 11) is 0. The molecule has 0 aromatic heterocycles. The Kier molecular flexibility index (Phi) is 3.33. The van der Waals surface area contributed by atoms with Crippen molar-refractivity contribution in [1.82, 2.24) is 0 Å². The molecule has 0 amide bonds. The number of aldehydes is 1. The minimum absolute atomic E-state index is 0.458. The van der Waals surface area contributed by atoms with E-state index in [0.29, 0.717) is 11.4 Å². The predicted octanol–water partition coefficient (Wildman–Crippen LogP) is 2.84. The van der Waals surface area contributed by atoms with Gasteiger partial charge in [0.2, 0.25) is 0 Å². The number of alkyl halides is 1. The summed E-state index contributed by atoms with van der Waals surface area (Å²) < 4.78 is 1.10. The van der Waals surface area contributed by atoms with E-state index in [1.54, 1.807) is 6.07 Å². The first-order valence-corrected chi connectivity index (χ1v) is 4.69. The van der Waals surface area contributed by atoms with Crippen LogP contribution in [0.4, 0.5) is 0 Å². The summed E-state index contributed by atoms with van der Waals surface area (Å²) in [6.07, 6.45) is 0.826. The molecule has 1 aromatic carbocycles. The van der Waals surface area contributed by atoms with Gasteiger partial charge in [-0.1, -0.05) is 6.07 Å². The van der Waals surface area contributed by atoms with E-state index in [2.05, 4.69) is 22.6 Å². The molecule has 0 fully saturated rings. The standard InChI is InChI=1S/C8H6ClIO/c9-4-7-3-6(5-11)1-2-8(7)10/h1-3,5H,4H2. The van der Waals surface area contributed by atoms with E-state index in [4.69, 9.17) is 11.6 Å². The van der Waals surface area contributed by atoms with E-state index in [0.717, 1.165) is 15.4 Å². The molecule has 0 unspecified atom stereocenters. The molecular weight excluding hydrogens is 274 g/mol. The van der Waals surface area contributed by atoms with E-state index in [-0.39, 0.29) is 0 Å². The highest BCUT2D eigenvalue weighted by Crippen LogP contribution is 2.15. The molecule has 0 saturated carbocycles. The molecule has 0 saturated heterocycles. The average molecular weight is 280 g/mol. The van der Waals surface area contributed by atoms with Crippen molar-refractivity contribution in [2.75, 3.05) is 0 Å². The first-order chi connectivity index (χ1) is 5.27. The van der Waals surface area contributed by atoms with Gasteiger partial charge < -0.3 is 0 Å². The van der Waals surface area contributed by atoms with Gasteiger partial charge in [-0.3, -0.25) is 4.79 Å². The van der Waals surface area contributed by atoms with Crippen LogP contribution >= 0.6 is 34.2 Å². The number of carbonyl (C=O) groups is 1. The third-order valence-electron chi connectivity index (χ3n) is 1.35. The summed E-state index contributed by atoms with van der Waals surface area (Å²) in [5.74, 6) is 0.458. The van der Waals surface area contributed by atoms with Crippen LogP contribution in [0.5, 0.6) is 0 Å². The molecule has 1 aromatic rings. The Labute approximate surface area is 83.9 Å². The Morgan fingerprint density at radius 3 is 2.82 bits per heavy atom. The van der Waals surface area contributed by atoms with Crippen molar-refractivity contribution in [3.63, 3.8) is 0 Å². The van der Waals surface area contributed by atoms with Gasteiger partial charge in [0.25, 0.3) is 0 Å². The third kappa shape index (κ3) is 2.17. The highest BCUT2D eigenvalue weighted by atomic mass is 127. The molecule has 58 valence electrons. The molecule has 0 radical (unpaired) electrons. The molecule has 0 aliphatic heterocycles. The van der Waals surface area contributed by atoms with Crippen LogP contribution in [0.25, 0.3) is 0 Å². The fourth-order valence-electron chi connectivity index (χ4n) is 0.770. The van der Waals surface area contributed by atoms with Crippen LogP contribution < -0.4 is 0 Å². The van der Waals surface area contributed by atoms with Crippen LogP contribution in [-0.2, 0) is 5.88 Å². The maximum absolute atomic E-state index is 10.3. The Hall–Kier alpha value is -0.0900. The van der Waals surface area contributed by atoms with E-state index < -0.39 is 0 Å². The Bertz CT molecular complexity index is 273. The largest absolute Gasteiger partial charge is 0.298 e. The van der Waals surface area contributed by atoms with Gasteiger partial charge >= 0.3 is 0 Å². The molecule has 0 aliphatic carbocycles. The smallest absolute Gasteiger partial charge is 0.150 e. The zero-order chi connectivity index (χ0) is 8.27. The highest BCUT2D eigenvalue weighted by molar-refractivity contribution is 14.1. The number of hydrogen-bond donors (Lipinski definition) is 0. The van der Waals surface area contributed by atoms with Gasteiger partial charge in [-0.2, -0.15) is 0 Å². The summed E-state index contributed by atoms with van der Waals surface area (Å²) in [6, 6.07) is 5.48. The number of halogens is 2. The Morgan fingerprint density at radius 2 is 2.27 bits per heavy atom. The quantitative estimate of drug-likeness (QED) is 0.462. The Morgan fingerprint density at radius 1 is 1.55 bits per heavy atom. The first kappa shape index (κ1) is 9.00. The van der Waals surface area contributed by atoms with Crippen molar-refractivity contribution in [1.29, 1.82) is 0 Å². The van der Waals surface area contributed by atoms with Crippen LogP contribution in [0.1, 0.15) is 15.9 Å². The number of carbonyl (C=O) groups excluding carboxylic acids is 1. The minimum Gasteiger partial charge on any atom is -0.298 e. The average Bonchev–Trinajstić information content (AvgIpc) is 2.05. The second-order valence-corrected chi connectivity index (χ2v) is 3.53. The second kappa shape index (κ2) is 4.07. The van der Waals surface area contributed by atoms with Gasteiger partial charge in [-0.15, -0.1) is 11.6 Å². The lowest BCUT2D eigenvalue weighted by atomic mass is 10.2. The lowest BCUT2D eigenvalue weighted by molar-refractivity contribution is 0.112. The monoisotopic (exact) mass is 280 g/mol. The van der Waals surface area contributed by atoms with Gasteiger partial charge in [0, 0.05) is 15.0 Å². The summed E-state index contributed by atoms with van der Waals surface area (Å²) in [4.78, 5) is 10.3. The molecule has 11 heavy (non-hydrogen) atoms. The predicted molar refractivity (Wildman–Crippen MR) is 54.1 cm³/mol. The van der Waals surface area contributed by atoms with Crippen LogP contribution in [0, 0.1) is 3.57 Å². The number of hydrogen-bond acceptors (Lipinski definition) is 1. The minimum atomic E-state index is 0.458. The zero-order valence-corrected chi connectivity index (χ0v) is 8.59. The van der Waals surface area contributed by atoms with Gasteiger partial charge in [-0.05, 0) is 40.3 Å². The van der Waals surface area contributed by atoms with E-state index in [1.807, 2.05) is 12.1 Å². The van der Waals surface area contributed by atoms with Gasteiger partial charge in [0.05, 0.1) is 0 Å². The highest BCUT2D eigenvalue weighted by Gasteiger charge is 1.98. The van der Waals surface area contributed by atoms with Crippen LogP contribution in [-0.4, -0.2) is 6.29 Å². The molecule has 0 atom stereocenters. The van der Waals surface area contributed by atoms with Gasteiger partial charge in [-0.25, -0.2) is 0 Å². The van der Waals surface area contributed by atoms with Crippen molar-refractivity contribution in [3.05, 3.63) is 32.9 Å². The van der Waals surface area contributed by atoms with Crippen molar-refractivity contribution in [2.24, 2.45) is 0 Å². The SMILES string of the molecule is O=Cc1ccc(I)c(CCl)c1. The second-order valence-electron chi connectivity index (χ2n) is 2.10. The van der Waals surface area contributed by atoms with Crippen LogP contribution in [0.3, 0.4) is 0 Å². The summed E-state index contributed by atoms with van der Waals surface area (Å²) >= 11 is 7.83. The lowest BCUT2D eigenvalue weighted by Crippen LogP contribution is -1.87. The topological polar surface area (TPSA) is 17.1 Å². The molecular formula is C8H6ClIO. The van der Waals surface area contributed by atoms with Gasteiger partial charge in [0.1, 0.15) is 6.29 Å². The molecule has 0 N–H and O–H groups in total. The maximum Gasteiger partial charge on any atom is 0.150 e. The van der Waals surface area contributed by atoms with E-state index >= 15 is 0 Å². The fraction of sp³-hybridized carbons (Fsp3) is 0.125. The lowest BCUT2D eigenvalue weighted by Gasteiger charge is -1.99. The Balaban J connectivity index is 3.12. The maximum atomic E-state index is 10.3. The normalized spacial score (nSPS) is 9.64. The molecule has 1 rings (SSSR count). The van der Waals surface area contributed by atoms with Gasteiger partial charge in [0.15, 0.2) is 0 Å².